The van der Waals surface area contributed by atoms with Crippen LogP contribution in [0.5, 0.6) is 0 Å². The molecule has 7 nitrogen and oxygen atoms in total. The van der Waals surface area contributed by atoms with Crippen molar-refractivity contribution in [3.05, 3.63) is 24.2 Å². The molecule has 2 aliphatic heterocycles. The zero-order valence-corrected chi connectivity index (χ0v) is 17.3. The fourth-order valence-corrected chi connectivity index (χ4v) is 3.97. The Hall–Kier alpha value is -2.02. The molecule has 1 aromatic rings. The summed E-state index contributed by atoms with van der Waals surface area (Å²) in [4.78, 5) is 29.2. The second-order valence-corrected chi connectivity index (χ2v) is 8.78. The largest absolute Gasteiger partial charge is 0.468 e. The molecule has 28 heavy (non-hydrogen) atoms. The van der Waals surface area contributed by atoms with E-state index in [9.17, 15) is 9.59 Å². The lowest BCUT2D eigenvalue weighted by Gasteiger charge is -2.34. The predicted molar refractivity (Wildman–Crippen MR) is 106 cm³/mol. The third kappa shape index (κ3) is 5.50. The van der Waals surface area contributed by atoms with E-state index < -0.39 is 5.60 Å². The van der Waals surface area contributed by atoms with E-state index in [1.54, 1.807) is 11.2 Å². The van der Waals surface area contributed by atoms with Crippen LogP contribution in [0.4, 0.5) is 4.79 Å². The van der Waals surface area contributed by atoms with Crippen LogP contribution in [0.1, 0.15) is 58.3 Å². The summed E-state index contributed by atoms with van der Waals surface area (Å²) in [5, 5.41) is 3.11. The number of hydrogen-bond donors (Lipinski definition) is 1. The van der Waals surface area contributed by atoms with E-state index in [0.717, 1.165) is 31.7 Å². The average molecular weight is 392 g/mol. The first-order valence-electron chi connectivity index (χ1n) is 10.4. The molecule has 7 heteroatoms. The van der Waals surface area contributed by atoms with E-state index in [0.29, 0.717) is 19.6 Å². The molecule has 3 heterocycles. The van der Waals surface area contributed by atoms with Gasteiger partial charge in [0.15, 0.2) is 0 Å². The molecule has 0 bridgehead atoms. The molecule has 1 N–H and O–H groups in total. The van der Waals surface area contributed by atoms with E-state index in [2.05, 4.69) is 10.2 Å². The third-order valence-electron chi connectivity index (χ3n) is 5.37. The van der Waals surface area contributed by atoms with Gasteiger partial charge in [0.25, 0.3) is 0 Å². The van der Waals surface area contributed by atoms with Gasteiger partial charge in [0.2, 0.25) is 5.91 Å². The fourth-order valence-electron chi connectivity index (χ4n) is 3.97. The molecule has 2 fully saturated rings. The lowest BCUT2D eigenvalue weighted by atomic mass is 9.97. The summed E-state index contributed by atoms with van der Waals surface area (Å²) in [5.41, 5.74) is -0.529. The van der Waals surface area contributed by atoms with Gasteiger partial charge in [0.05, 0.1) is 18.2 Å². The van der Waals surface area contributed by atoms with Gasteiger partial charge in [-0.2, -0.15) is 0 Å². The third-order valence-corrected chi connectivity index (χ3v) is 5.37. The van der Waals surface area contributed by atoms with Gasteiger partial charge in [0.1, 0.15) is 11.4 Å². The minimum atomic E-state index is -0.529. The van der Waals surface area contributed by atoms with Crippen molar-refractivity contribution in [1.82, 2.24) is 15.1 Å². The summed E-state index contributed by atoms with van der Waals surface area (Å²) in [6, 6.07) is 3.92. The Labute approximate surface area is 167 Å². The summed E-state index contributed by atoms with van der Waals surface area (Å²) < 4.78 is 11.1. The molecule has 0 spiro atoms. The number of nitrogens with zero attached hydrogens (tertiary/aromatic N) is 2. The first-order chi connectivity index (χ1) is 13.3. The second-order valence-electron chi connectivity index (χ2n) is 8.78. The van der Waals surface area contributed by atoms with Crippen LogP contribution < -0.4 is 5.32 Å². The van der Waals surface area contributed by atoms with E-state index in [1.807, 2.05) is 32.9 Å². The highest BCUT2D eigenvalue weighted by atomic mass is 16.6. The number of ether oxygens (including phenoxy) is 1. The molecule has 3 rings (SSSR count). The summed E-state index contributed by atoms with van der Waals surface area (Å²) in [7, 11) is 0. The van der Waals surface area contributed by atoms with Gasteiger partial charge < -0.3 is 19.4 Å². The molecule has 0 radical (unpaired) electrons. The van der Waals surface area contributed by atoms with Gasteiger partial charge in [-0.15, -0.1) is 0 Å². The Bertz CT molecular complexity index is 647. The van der Waals surface area contributed by atoms with Gasteiger partial charge in [-0.1, -0.05) is 0 Å². The predicted octanol–water partition coefficient (Wildman–Crippen LogP) is 3.18. The molecule has 156 valence electrons. The Morgan fingerprint density at radius 1 is 1.25 bits per heavy atom. The lowest BCUT2D eigenvalue weighted by molar-refractivity contribution is -0.126. The van der Waals surface area contributed by atoms with Crippen LogP contribution in [0, 0.1) is 5.92 Å². The summed E-state index contributed by atoms with van der Waals surface area (Å²) in [6.45, 7) is 9.19. The molecule has 0 saturated carbocycles. The summed E-state index contributed by atoms with van der Waals surface area (Å²) in [5.74, 6) is 0.697. The van der Waals surface area contributed by atoms with E-state index in [1.165, 1.54) is 12.8 Å². The van der Waals surface area contributed by atoms with Crippen molar-refractivity contribution < 1.29 is 18.7 Å². The van der Waals surface area contributed by atoms with Crippen LogP contribution in [0.15, 0.2) is 22.8 Å². The number of rotatable bonds is 5. The first kappa shape index (κ1) is 20.7. The van der Waals surface area contributed by atoms with Crippen molar-refractivity contribution in [2.24, 2.45) is 5.92 Å². The molecule has 0 unspecified atom stereocenters. The van der Waals surface area contributed by atoms with Crippen molar-refractivity contribution in [2.75, 3.05) is 32.7 Å². The Morgan fingerprint density at radius 3 is 2.64 bits per heavy atom. The highest BCUT2D eigenvalue weighted by Gasteiger charge is 2.32. The first-order valence-corrected chi connectivity index (χ1v) is 10.4. The number of amides is 2. The minimum Gasteiger partial charge on any atom is -0.468 e. The molecule has 2 amide bonds. The summed E-state index contributed by atoms with van der Waals surface area (Å²) >= 11 is 0. The number of likely N-dealkylation sites (tertiary alicyclic amines) is 2. The number of piperidine rings is 1. The Balaban J connectivity index is 1.55. The topological polar surface area (TPSA) is 75.0 Å². The molecule has 2 aliphatic rings. The quantitative estimate of drug-likeness (QED) is 0.834. The van der Waals surface area contributed by atoms with Crippen LogP contribution >= 0.6 is 0 Å². The van der Waals surface area contributed by atoms with E-state index in [-0.39, 0.29) is 24.0 Å². The van der Waals surface area contributed by atoms with Crippen LogP contribution in [0.2, 0.25) is 0 Å². The number of furan rings is 1. The van der Waals surface area contributed by atoms with Crippen molar-refractivity contribution in [1.29, 1.82) is 0 Å². The summed E-state index contributed by atoms with van der Waals surface area (Å²) in [6.07, 6.45) is 5.30. The Morgan fingerprint density at radius 2 is 2.00 bits per heavy atom. The normalized spacial score (nSPS) is 22.1. The number of hydrogen-bond acceptors (Lipinski definition) is 5. The zero-order chi connectivity index (χ0) is 20.1. The van der Waals surface area contributed by atoms with Crippen molar-refractivity contribution in [3.8, 4) is 0 Å². The molecule has 1 aromatic heterocycles. The van der Waals surface area contributed by atoms with Crippen LogP contribution in [0.25, 0.3) is 0 Å². The lowest BCUT2D eigenvalue weighted by Crippen LogP contribution is -2.48. The molecule has 2 atom stereocenters. The maximum Gasteiger partial charge on any atom is 0.410 e. The molecular weight excluding hydrogens is 358 g/mol. The molecular formula is C21H33N3O4. The second kappa shape index (κ2) is 8.99. The Kier molecular flexibility index (Phi) is 6.65. The van der Waals surface area contributed by atoms with Gasteiger partial charge in [-0.05, 0) is 71.7 Å². The number of carbonyl (C=O) groups excluding carboxylic acids is 2. The molecule has 2 saturated heterocycles. The maximum absolute atomic E-state index is 12.8. The van der Waals surface area contributed by atoms with Gasteiger partial charge in [-0.3, -0.25) is 9.69 Å². The minimum absolute atomic E-state index is 0.00371. The van der Waals surface area contributed by atoms with Gasteiger partial charge >= 0.3 is 6.09 Å². The van der Waals surface area contributed by atoms with Crippen LogP contribution in [0.3, 0.4) is 0 Å². The van der Waals surface area contributed by atoms with Crippen molar-refractivity contribution in [3.63, 3.8) is 0 Å². The van der Waals surface area contributed by atoms with Crippen LogP contribution in [-0.4, -0.2) is 60.1 Å². The maximum atomic E-state index is 12.8. The van der Waals surface area contributed by atoms with Gasteiger partial charge in [-0.25, -0.2) is 4.79 Å². The highest BCUT2D eigenvalue weighted by molar-refractivity contribution is 5.80. The zero-order valence-electron chi connectivity index (χ0n) is 17.3. The fraction of sp³-hybridized carbons (Fsp3) is 0.714. The van der Waals surface area contributed by atoms with E-state index >= 15 is 0 Å². The molecule has 0 aliphatic carbocycles. The van der Waals surface area contributed by atoms with E-state index in [4.69, 9.17) is 9.15 Å². The average Bonchev–Trinajstić information content (AvgIpc) is 3.35. The van der Waals surface area contributed by atoms with Crippen molar-refractivity contribution >= 4 is 12.0 Å². The number of nitrogens with one attached hydrogen (secondary N) is 1. The molecule has 0 aromatic carbocycles. The monoisotopic (exact) mass is 391 g/mol. The van der Waals surface area contributed by atoms with Crippen LogP contribution in [-0.2, 0) is 9.53 Å². The van der Waals surface area contributed by atoms with Gasteiger partial charge in [0, 0.05) is 19.6 Å². The number of carbonyl (C=O) groups is 2. The standard InChI is InChI=1S/C21H33N3O4/c1-21(2,3)28-20(26)24-12-6-8-16(15-24)19(25)22-14-17(18-9-7-13-27-18)23-10-4-5-11-23/h7,9,13,16-17H,4-6,8,10-12,14-15H2,1-3H3,(H,22,25)/t16-,17+/m0/s1. The van der Waals surface area contributed by atoms with Crippen molar-refractivity contribution in [2.45, 2.75) is 58.1 Å². The highest BCUT2D eigenvalue weighted by Crippen LogP contribution is 2.25. The smallest absolute Gasteiger partial charge is 0.410 e. The SMILES string of the molecule is CC(C)(C)OC(=O)N1CCC[C@H](C(=O)NC[C@H](c2ccco2)N2CCCC2)C1.